The summed E-state index contributed by atoms with van der Waals surface area (Å²) in [5.74, 6) is 0.361. The van der Waals surface area contributed by atoms with Gasteiger partial charge in [-0.25, -0.2) is 0 Å². The van der Waals surface area contributed by atoms with Crippen molar-refractivity contribution in [1.29, 1.82) is 0 Å². The highest BCUT2D eigenvalue weighted by atomic mass is 16.3. The van der Waals surface area contributed by atoms with E-state index in [1.807, 2.05) is 7.05 Å². The number of nitrogens with zero attached hydrogens (tertiary/aromatic N) is 3. The third-order valence-electron chi connectivity index (χ3n) is 2.58. The van der Waals surface area contributed by atoms with Crippen molar-refractivity contribution >= 4 is 0 Å². The average Bonchev–Trinajstić information content (AvgIpc) is 2.63. The van der Waals surface area contributed by atoms with Crippen LogP contribution in [-0.2, 0) is 12.6 Å². The molecule has 0 amide bonds. The topological polar surface area (TPSA) is 50.9 Å². The van der Waals surface area contributed by atoms with Crippen molar-refractivity contribution in [2.24, 2.45) is 7.05 Å². The van der Waals surface area contributed by atoms with Crippen LogP contribution in [-0.4, -0.2) is 20.1 Å². The summed E-state index contributed by atoms with van der Waals surface area (Å²) in [7, 11) is 1.87. The van der Waals surface area contributed by atoms with Gasteiger partial charge >= 0.3 is 0 Å². The summed E-state index contributed by atoms with van der Waals surface area (Å²) in [4.78, 5) is 0. The van der Waals surface area contributed by atoms with Gasteiger partial charge in [-0.05, 0) is 18.8 Å². The van der Waals surface area contributed by atoms with Gasteiger partial charge in [-0.15, -0.1) is 5.10 Å². The quantitative estimate of drug-likeness (QED) is 0.738. The monoisotopic (exact) mass is 181 g/mol. The molecule has 0 aromatic carbocycles. The van der Waals surface area contributed by atoms with Crippen LogP contribution in [0.25, 0.3) is 0 Å². The van der Waals surface area contributed by atoms with Gasteiger partial charge in [0.15, 0.2) is 0 Å². The minimum absolute atomic E-state index is 0.361. The summed E-state index contributed by atoms with van der Waals surface area (Å²) < 4.78 is 1.76. The van der Waals surface area contributed by atoms with Gasteiger partial charge in [0.05, 0.1) is 5.69 Å². The maximum Gasteiger partial charge on any atom is 0.118 e. The standard InChI is InChI=1S/C9H15N3O/c1-6(2)7-8(9(13)4-5-9)10-11-12(7)3/h6,13H,4-5H2,1-3H3. The van der Waals surface area contributed by atoms with E-state index in [1.165, 1.54) is 0 Å². The van der Waals surface area contributed by atoms with Gasteiger partial charge in [0.2, 0.25) is 0 Å². The van der Waals surface area contributed by atoms with Crippen LogP contribution in [0.5, 0.6) is 0 Å². The molecule has 1 fully saturated rings. The zero-order valence-electron chi connectivity index (χ0n) is 8.28. The van der Waals surface area contributed by atoms with Gasteiger partial charge in [0.25, 0.3) is 0 Å². The zero-order valence-corrected chi connectivity index (χ0v) is 8.28. The zero-order chi connectivity index (χ0) is 9.64. The lowest BCUT2D eigenvalue weighted by Crippen LogP contribution is -2.11. The van der Waals surface area contributed by atoms with E-state index < -0.39 is 5.60 Å². The first kappa shape index (κ1) is 8.69. The first-order valence-corrected chi connectivity index (χ1v) is 4.67. The molecule has 1 saturated carbocycles. The molecule has 0 bridgehead atoms. The Morgan fingerprint density at radius 1 is 1.46 bits per heavy atom. The molecule has 0 atom stereocenters. The van der Waals surface area contributed by atoms with Gasteiger partial charge in [-0.2, -0.15) is 0 Å². The summed E-state index contributed by atoms with van der Waals surface area (Å²) in [5, 5.41) is 17.9. The maximum atomic E-state index is 9.93. The van der Waals surface area contributed by atoms with E-state index in [9.17, 15) is 5.11 Å². The molecule has 0 aliphatic heterocycles. The van der Waals surface area contributed by atoms with Crippen LogP contribution in [0.15, 0.2) is 0 Å². The molecule has 13 heavy (non-hydrogen) atoms. The molecule has 0 radical (unpaired) electrons. The molecule has 1 heterocycles. The normalized spacial score (nSPS) is 19.5. The van der Waals surface area contributed by atoms with Crippen molar-refractivity contribution in [2.45, 2.75) is 38.2 Å². The number of aromatic nitrogens is 3. The Hall–Kier alpha value is -0.900. The van der Waals surface area contributed by atoms with E-state index in [4.69, 9.17) is 0 Å². The number of aliphatic hydroxyl groups is 1. The molecule has 1 aromatic rings. The second kappa shape index (κ2) is 2.54. The van der Waals surface area contributed by atoms with E-state index in [-0.39, 0.29) is 0 Å². The molecular formula is C9H15N3O. The Balaban J connectivity index is 2.46. The minimum Gasteiger partial charge on any atom is -0.383 e. The minimum atomic E-state index is -0.659. The Kier molecular flexibility index (Phi) is 1.70. The highest BCUT2D eigenvalue weighted by molar-refractivity contribution is 5.25. The summed E-state index contributed by atoms with van der Waals surface area (Å²) in [5.41, 5.74) is 1.18. The third-order valence-corrected chi connectivity index (χ3v) is 2.58. The van der Waals surface area contributed by atoms with E-state index in [2.05, 4.69) is 24.2 Å². The second-order valence-corrected chi connectivity index (χ2v) is 4.13. The fourth-order valence-electron chi connectivity index (χ4n) is 1.70. The summed E-state index contributed by atoms with van der Waals surface area (Å²) in [6.45, 7) is 4.18. The van der Waals surface area contributed by atoms with Crippen LogP contribution >= 0.6 is 0 Å². The maximum absolute atomic E-state index is 9.93. The van der Waals surface area contributed by atoms with Gasteiger partial charge in [0.1, 0.15) is 11.3 Å². The van der Waals surface area contributed by atoms with Crippen molar-refractivity contribution < 1.29 is 5.11 Å². The van der Waals surface area contributed by atoms with Crippen molar-refractivity contribution in [3.05, 3.63) is 11.4 Å². The third kappa shape index (κ3) is 1.25. The SMILES string of the molecule is CC(C)c1c(C2(O)CC2)nnn1C. The lowest BCUT2D eigenvalue weighted by atomic mass is 10.0. The average molecular weight is 181 g/mol. The number of aryl methyl sites for hydroxylation is 1. The van der Waals surface area contributed by atoms with E-state index in [0.29, 0.717) is 5.92 Å². The van der Waals surface area contributed by atoms with Crippen molar-refractivity contribution in [2.75, 3.05) is 0 Å². The summed E-state index contributed by atoms with van der Waals surface area (Å²) in [6.07, 6.45) is 1.65. The van der Waals surface area contributed by atoms with Crippen LogP contribution in [0.1, 0.15) is 44.0 Å². The lowest BCUT2D eigenvalue weighted by molar-refractivity contribution is 0.145. The van der Waals surface area contributed by atoms with Gasteiger partial charge in [0, 0.05) is 7.05 Å². The highest BCUT2D eigenvalue weighted by Crippen LogP contribution is 2.46. The predicted molar refractivity (Wildman–Crippen MR) is 48.2 cm³/mol. The van der Waals surface area contributed by atoms with Crippen LogP contribution in [0.4, 0.5) is 0 Å². The van der Waals surface area contributed by atoms with E-state index in [0.717, 1.165) is 24.2 Å². The van der Waals surface area contributed by atoms with Crippen molar-refractivity contribution in [3.63, 3.8) is 0 Å². The van der Waals surface area contributed by atoms with Gasteiger partial charge in [-0.1, -0.05) is 19.1 Å². The smallest absolute Gasteiger partial charge is 0.118 e. The van der Waals surface area contributed by atoms with Gasteiger partial charge < -0.3 is 5.11 Å². The van der Waals surface area contributed by atoms with Gasteiger partial charge in [-0.3, -0.25) is 4.68 Å². The molecule has 4 nitrogen and oxygen atoms in total. The molecule has 72 valence electrons. The largest absolute Gasteiger partial charge is 0.383 e. The molecule has 0 saturated heterocycles. The molecular weight excluding hydrogens is 166 g/mol. The van der Waals surface area contributed by atoms with E-state index in [1.54, 1.807) is 4.68 Å². The Bertz CT molecular complexity index is 326. The fraction of sp³-hybridized carbons (Fsp3) is 0.778. The molecule has 1 aliphatic carbocycles. The molecule has 2 rings (SSSR count). The van der Waals surface area contributed by atoms with Crippen LogP contribution < -0.4 is 0 Å². The molecule has 1 N–H and O–H groups in total. The van der Waals surface area contributed by atoms with Crippen molar-refractivity contribution in [3.8, 4) is 0 Å². The molecule has 4 heteroatoms. The lowest BCUT2D eigenvalue weighted by Gasteiger charge is -2.10. The fourth-order valence-corrected chi connectivity index (χ4v) is 1.70. The first-order valence-electron chi connectivity index (χ1n) is 4.67. The first-order chi connectivity index (χ1) is 6.04. The Morgan fingerprint density at radius 3 is 2.54 bits per heavy atom. The highest BCUT2D eigenvalue weighted by Gasteiger charge is 2.47. The Morgan fingerprint density at radius 2 is 2.08 bits per heavy atom. The molecule has 1 aromatic heterocycles. The number of hydrogen-bond donors (Lipinski definition) is 1. The van der Waals surface area contributed by atoms with E-state index >= 15 is 0 Å². The van der Waals surface area contributed by atoms with Crippen LogP contribution in [0.3, 0.4) is 0 Å². The van der Waals surface area contributed by atoms with Crippen LogP contribution in [0.2, 0.25) is 0 Å². The van der Waals surface area contributed by atoms with Crippen molar-refractivity contribution in [1.82, 2.24) is 15.0 Å². The molecule has 1 aliphatic rings. The predicted octanol–water partition coefficient (Wildman–Crippen LogP) is 0.920. The number of rotatable bonds is 2. The summed E-state index contributed by atoms with van der Waals surface area (Å²) in [6, 6.07) is 0. The summed E-state index contributed by atoms with van der Waals surface area (Å²) >= 11 is 0. The molecule has 0 unspecified atom stereocenters. The Labute approximate surface area is 77.6 Å². The molecule has 0 spiro atoms. The second-order valence-electron chi connectivity index (χ2n) is 4.13. The number of hydrogen-bond acceptors (Lipinski definition) is 3. The van der Waals surface area contributed by atoms with Crippen LogP contribution in [0, 0.1) is 0 Å².